The Morgan fingerprint density at radius 1 is 1.00 bits per heavy atom. The molecule has 0 amide bonds. The summed E-state index contributed by atoms with van der Waals surface area (Å²) in [6, 6.07) is 18.8. The number of hydrogen-bond donors (Lipinski definition) is 2. The van der Waals surface area contributed by atoms with Crippen molar-refractivity contribution in [1.82, 2.24) is 0 Å². The van der Waals surface area contributed by atoms with Crippen LogP contribution in [-0.2, 0) is 18.9 Å². The number of fused-ring (bicyclic) bond motifs is 1. The van der Waals surface area contributed by atoms with Crippen LogP contribution in [0.5, 0.6) is 0 Å². The molecular weight excluding hydrogens is 348 g/mol. The zero-order chi connectivity index (χ0) is 18.8. The van der Waals surface area contributed by atoms with Crippen molar-refractivity contribution < 1.29 is 29.2 Å². The van der Waals surface area contributed by atoms with Gasteiger partial charge in [-0.15, -0.1) is 0 Å². The van der Waals surface area contributed by atoms with Crippen molar-refractivity contribution in [3.63, 3.8) is 0 Å². The van der Waals surface area contributed by atoms with Crippen LogP contribution in [0.25, 0.3) is 0 Å². The number of aliphatic hydroxyl groups is 2. The lowest BCUT2D eigenvalue weighted by Gasteiger charge is -2.48. The molecule has 6 heteroatoms. The molecule has 2 N–H and O–H groups in total. The SMILES string of the molecule is CO[C@H]1[C@H](O)[C@@H]([C@H](O)c2ccccc2)O[C@@H]2CO[C@@H](c3ccccc3)O[C@@H]12. The smallest absolute Gasteiger partial charge is 0.184 e. The highest BCUT2D eigenvalue weighted by atomic mass is 16.7. The van der Waals surface area contributed by atoms with Crippen molar-refractivity contribution >= 4 is 0 Å². The van der Waals surface area contributed by atoms with E-state index in [1.54, 1.807) is 12.1 Å². The van der Waals surface area contributed by atoms with Crippen LogP contribution in [0.4, 0.5) is 0 Å². The van der Waals surface area contributed by atoms with Crippen LogP contribution >= 0.6 is 0 Å². The first-order valence-corrected chi connectivity index (χ1v) is 9.10. The molecule has 27 heavy (non-hydrogen) atoms. The van der Waals surface area contributed by atoms with Crippen molar-refractivity contribution in [2.45, 2.75) is 42.9 Å². The fourth-order valence-corrected chi connectivity index (χ4v) is 3.78. The van der Waals surface area contributed by atoms with Crippen molar-refractivity contribution in [3.05, 3.63) is 71.8 Å². The van der Waals surface area contributed by atoms with Crippen LogP contribution in [0.2, 0.25) is 0 Å². The zero-order valence-corrected chi connectivity index (χ0v) is 15.0. The summed E-state index contributed by atoms with van der Waals surface area (Å²) in [4.78, 5) is 0. The average Bonchev–Trinajstić information content (AvgIpc) is 2.74. The van der Waals surface area contributed by atoms with E-state index in [4.69, 9.17) is 18.9 Å². The Balaban J connectivity index is 1.53. The minimum Gasteiger partial charge on any atom is -0.387 e. The number of ether oxygens (including phenoxy) is 4. The molecule has 2 fully saturated rings. The molecule has 2 aromatic rings. The van der Waals surface area contributed by atoms with Crippen molar-refractivity contribution in [1.29, 1.82) is 0 Å². The maximum Gasteiger partial charge on any atom is 0.184 e. The largest absolute Gasteiger partial charge is 0.387 e. The zero-order valence-electron chi connectivity index (χ0n) is 15.0. The monoisotopic (exact) mass is 372 g/mol. The van der Waals surface area contributed by atoms with E-state index in [9.17, 15) is 10.2 Å². The second-order valence-electron chi connectivity index (χ2n) is 6.86. The summed E-state index contributed by atoms with van der Waals surface area (Å²) >= 11 is 0. The Morgan fingerprint density at radius 3 is 2.33 bits per heavy atom. The maximum atomic E-state index is 10.8. The van der Waals surface area contributed by atoms with E-state index < -0.39 is 42.9 Å². The van der Waals surface area contributed by atoms with Crippen LogP contribution in [-0.4, -0.2) is 54.4 Å². The van der Waals surface area contributed by atoms with Crippen LogP contribution < -0.4 is 0 Å². The molecular formula is C21H24O6. The van der Waals surface area contributed by atoms with Gasteiger partial charge in [-0.1, -0.05) is 60.7 Å². The third kappa shape index (κ3) is 3.65. The van der Waals surface area contributed by atoms with Gasteiger partial charge in [0, 0.05) is 12.7 Å². The molecule has 2 heterocycles. The van der Waals surface area contributed by atoms with Crippen molar-refractivity contribution in [2.24, 2.45) is 0 Å². The van der Waals surface area contributed by atoms with E-state index >= 15 is 0 Å². The van der Waals surface area contributed by atoms with Gasteiger partial charge in [0.15, 0.2) is 6.29 Å². The molecule has 0 saturated carbocycles. The van der Waals surface area contributed by atoms with E-state index in [2.05, 4.69) is 0 Å². The van der Waals surface area contributed by atoms with E-state index in [0.29, 0.717) is 5.56 Å². The molecule has 2 aliphatic rings. The highest BCUT2D eigenvalue weighted by Crippen LogP contribution is 2.38. The Bertz CT molecular complexity index is 724. The van der Waals surface area contributed by atoms with Gasteiger partial charge in [0.05, 0.1) is 6.61 Å². The van der Waals surface area contributed by atoms with Gasteiger partial charge >= 0.3 is 0 Å². The molecule has 0 bridgehead atoms. The summed E-state index contributed by atoms with van der Waals surface area (Å²) in [6.07, 6.45) is -4.98. The van der Waals surface area contributed by atoms with Crippen LogP contribution in [0.15, 0.2) is 60.7 Å². The second kappa shape index (κ2) is 8.06. The summed E-state index contributed by atoms with van der Waals surface area (Å²) in [6.45, 7) is 0.287. The third-order valence-corrected chi connectivity index (χ3v) is 5.18. The maximum absolute atomic E-state index is 10.8. The summed E-state index contributed by atoms with van der Waals surface area (Å²) in [5, 5.41) is 21.6. The van der Waals surface area contributed by atoms with E-state index in [-0.39, 0.29) is 6.61 Å². The molecule has 144 valence electrons. The van der Waals surface area contributed by atoms with Gasteiger partial charge in [0.1, 0.15) is 36.6 Å². The van der Waals surface area contributed by atoms with Crippen LogP contribution in [0.1, 0.15) is 23.5 Å². The Hall–Kier alpha value is -1.80. The molecule has 0 spiro atoms. The number of rotatable bonds is 4. The van der Waals surface area contributed by atoms with E-state index in [0.717, 1.165) is 5.56 Å². The van der Waals surface area contributed by atoms with Crippen LogP contribution in [0.3, 0.4) is 0 Å². The van der Waals surface area contributed by atoms with Crippen molar-refractivity contribution in [3.8, 4) is 0 Å². The van der Waals surface area contributed by atoms with Gasteiger partial charge in [-0.25, -0.2) is 0 Å². The van der Waals surface area contributed by atoms with Crippen LogP contribution in [0, 0.1) is 0 Å². The highest BCUT2D eigenvalue weighted by Gasteiger charge is 2.51. The molecule has 0 unspecified atom stereocenters. The van der Waals surface area contributed by atoms with Gasteiger partial charge in [-0.2, -0.15) is 0 Å². The normalized spacial score (nSPS) is 34.6. The average molecular weight is 372 g/mol. The lowest BCUT2D eigenvalue weighted by atomic mass is 9.89. The number of hydrogen-bond acceptors (Lipinski definition) is 6. The minimum absolute atomic E-state index is 0.287. The molecule has 7 atom stereocenters. The standard InChI is InChI=1S/C21H24O6/c1-24-20-17(23)19(16(22)13-8-4-2-5-9-13)26-15-12-25-21(27-18(15)20)14-10-6-3-7-11-14/h2-11,15-23H,12H2,1H3/t15-,16-,17-,18-,19-,20+,21-/m1/s1. The van der Waals surface area contributed by atoms with Gasteiger partial charge in [-0.05, 0) is 5.56 Å². The summed E-state index contributed by atoms with van der Waals surface area (Å²) in [5.41, 5.74) is 1.57. The van der Waals surface area contributed by atoms with Gasteiger partial charge in [-0.3, -0.25) is 0 Å². The fraction of sp³-hybridized carbons (Fsp3) is 0.429. The molecule has 4 rings (SSSR count). The first kappa shape index (κ1) is 18.6. The molecule has 2 aromatic carbocycles. The van der Waals surface area contributed by atoms with Gasteiger partial charge < -0.3 is 29.2 Å². The summed E-state index contributed by atoms with van der Waals surface area (Å²) in [5.74, 6) is 0. The molecule has 0 radical (unpaired) electrons. The quantitative estimate of drug-likeness (QED) is 0.855. The fourth-order valence-electron chi connectivity index (χ4n) is 3.78. The first-order valence-electron chi connectivity index (χ1n) is 9.10. The lowest BCUT2D eigenvalue weighted by molar-refractivity contribution is -0.338. The molecule has 2 aliphatic heterocycles. The number of aliphatic hydroxyl groups excluding tert-OH is 2. The predicted octanol–water partition coefficient (Wildman–Crippen LogP) is 1.98. The third-order valence-electron chi connectivity index (χ3n) is 5.18. The number of methoxy groups -OCH3 is 1. The van der Waals surface area contributed by atoms with Gasteiger partial charge in [0.2, 0.25) is 0 Å². The second-order valence-corrected chi connectivity index (χ2v) is 6.86. The Kier molecular flexibility index (Phi) is 5.54. The predicted molar refractivity (Wildman–Crippen MR) is 96.9 cm³/mol. The minimum atomic E-state index is -1.04. The van der Waals surface area contributed by atoms with Crippen molar-refractivity contribution in [2.75, 3.05) is 13.7 Å². The van der Waals surface area contributed by atoms with Gasteiger partial charge in [0.25, 0.3) is 0 Å². The molecule has 2 saturated heterocycles. The Labute approximate surface area is 158 Å². The summed E-state index contributed by atoms with van der Waals surface area (Å²) < 4.78 is 23.5. The molecule has 0 aromatic heterocycles. The molecule has 6 nitrogen and oxygen atoms in total. The first-order chi connectivity index (χ1) is 13.2. The van der Waals surface area contributed by atoms with E-state index in [1.807, 2.05) is 48.5 Å². The highest BCUT2D eigenvalue weighted by molar-refractivity contribution is 5.20. The topological polar surface area (TPSA) is 77.4 Å². The van der Waals surface area contributed by atoms with E-state index in [1.165, 1.54) is 7.11 Å². The Morgan fingerprint density at radius 2 is 1.67 bits per heavy atom. The number of benzene rings is 2. The lowest BCUT2D eigenvalue weighted by Crippen LogP contribution is -2.63. The molecule has 0 aliphatic carbocycles. The summed E-state index contributed by atoms with van der Waals surface area (Å²) in [7, 11) is 1.53.